The van der Waals surface area contributed by atoms with Gasteiger partial charge in [0.2, 0.25) is 5.88 Å². The van der Waals surface area contributed by atoms with Crippen LogP contribution in [0.2, 0.25) is 0 Å². The Kier molecular flexibility index (Phi) is 6.01. The molecule has 0 spiro atoms. The topological polar surface area (TPSA) is 89.0 Å². The van der Waals surface area contributed by atoms with Crippen LogP contribution in [-0.4, -0.2) is 27.5 Å². The number of carbonyl (C=O) groups is 1. The van der Waals surface area contributed by atoms with E-state index in [1.807, 2.05) is 6.92 Å². The maximum Gasteiger partial charge on any atom is 0.285 e. The first-order chi connectivity index (χ1) is 13.2. The molecule has 0 fully saturated rings. The summed E-state index contributed by atoms with van der Waals surface area (Å²) in [5, 5.41) is 0. The van der Waals surface area contributed by atoms with Crippen molar-refractivity contribution in [3.8, 4) is 17.1 Å². The van der Waals surface area contributed by atoms with E-state index in [-0.39, 0.29) is 18.1 Å². The molecule has 1 aromatic carbocycles. The van der Waals surface area contributed by atoms with E-state index < -0.39 is 5.91 Å². The predicted molar refractivity (Wildman–Crippen MR) is 97.1 cm³/mol. The Morgan fingerprint density at radius 2 is 2.00 bits per heavy atom. The molecule has 138 valence electrons. The van der Waals surface area contributed by atoms with Crippen molar-refractivity contribution in [2.75, 3.05) is 6.61 Å². The smallest absolute Gasteiger partial charge is 0.285 e. The number of aromatic nitrogens is 3. The summed E-state index contributed by atoms with van der Waals surface area (Å²) in [6, 6.07) is 9.84. The molecule has 2 heterocycles. The van der Waals surface area contributed by atoms with E-state index in [1.165, 1.54) is 12.3 Å². The second-order valence-corrected chi connectivity index (χ2v) is 5.51. The molecule has 2 N–H and O–H groups in total. The number of carbonyl (C=O) groups excluding carboxylic acids is 1. The van der Waals surface area contributed by atoms with E-state index in [0.717, 1.165) is 0 Å². The number of rotatable bonds is 7. The number of hydrogen-bond donors (Lipinski definition) is 2. The van der Waals surface area contributed by atoms with Crippen LogP contribution in [0.5, 0.6) is 5.88 Å². The Balaban J connectivity index is 1.64. The summed E-state index contributed by atoms with van der Waals surface area (Å²) < 4.78 is 18.9. The van der Waals surface area contributed by atoms with E-state index in [2.05, 4.69) is 25.8 Å². The lowest BCUT2D eigenvalue weighted by Gasteiger charge is -2.08. The molecule has 0 aliphatic heterocycles. The monoisotopic (exact) mass is 367 g/mol. The van der Waals surface area contributed by atoms with Gasteiger partial charge in [-0.2, -0.15) is 0 Å². The van der Waals surface area contributed by atoms with Gasteiger partial charge in [0.1, 0.15) is 11.5 Å². The minimum absolute atomic E-state index is 0.127. The molecule has 0 aliphatic carbocycles. The third kappa shape index (κ3) is 4.83. The molecule has 1 amide bonds. The van der Waals surface area contributed by atoms with Crippen molar-refractivity contribution in [2.24, 2.45) is 0 Å². The van der Waals surface area contributed by atoms with Gasteiger partial charge in [-0.3, -0.25) is 15.2 Å². The Hall–Kier alpha value is -3.39. The predicted octanol–water partition coefficient (Wildman–Crippen LogP) is 2.51. The van der Waals surface area contributed by atoms with Gasteiger partial charge in [-0.05, 0) is 19.1 Å². The van der Waals surface area contributed by atoms with Gasteiger partial charge in [-0.15, -0.1) is 0 Å². The zero-order valence-electron chi connectivity index (χ0n) is 14.6. The van der Waals surface area contributed by atoms with Crippen LogP contribution in [-0.2, 0) is 6.54 Å². The number of nitrogens with zero attached hydrogens (tertiary/aromatic N) is 3. The molecule has 2 aromatic heterocycles. The number of halogens is 1. The molecule has 0 radical (unpaired) electrons. The van der Waals surface area contributed by atoms with E-state index in [1.54, 1.807) is 42.7 Å². The number of hydrogen-bond acceptors (Lipinski definition) is 6. The minimum Gasteiger partial charge on any atom is -0.478 e. The van der Waals surface area contributed by atoms with Crippen molar-refractivity contribution in [1.29, 1.82) is 0 Å². The van der Waals surface area contributed by atoms with Gasteiger partial charge in [0.05, 0.1) is 24.7 Å². The molecular formula is C19H18FN5O2. The molecular weight excluding hydrogens is 349 g/mol. The average molecular weight is 367 g/mol. The van der Waals surface area contributed by atoms with Crippen LogP contribution in [0.15, 0.2) is 55.0 Å². The van der Waals surface area contributed by atoms with Gasteiger partial charge < -0.3 is 4.74 Å². The molecule has 8 heteroatoms. The molecule has 0 unspecified atom stereocenters. The highest BCUT2D eigenvalue weighted by atomic mass is 19.1. The van der Waals surface area contributed by atoms with Crippen molar-refractivity contribution >= 4 is 5.91 Å². The number of nitrogens with one attached hydrogen (secondary N) is 2. The van der Waals surface area contributed by atoms with Crippen LogP contribution >= 0.6 is 0 Å². The van der Waals surface area contributed by atoms with E-state index in [0.29, 0.717) is 29.3 Å². The highest BCUT2D eigenvalue weighted by Crippen LogP contribution is 2.17. The Bertz CT molecular complexity index is 918. The van der Waals surface area contributed by atoms with Gasteiger partial charge in [0.15, 0.2) is 0 Å². The van der Waals surface area contributed by atoms with E-state index >= 15 is 0 Å². The van der Waals surface area contributed by atoms with Gasteiger partial charge in [-0.1, -0.05) is 18.2 Å². The molecule has 0 aliphatic rings. The summed E-state index contributed by atoms with van der Waals surface area (Å²) in [6.07, 6.45) is 4.50. The first-order valence-corrected chi connectivity index (χ1v) is 8.35. The molecule has 3 aromatic rings. The molecule has 0 atom stereocenters. The van der Waals surface area contributed by atoms with E-state index in [4.69, 9.17) is 4.74 Å². The molecule has 27 heavy (non-hydrogen) atoms. The lowest BCUT2D eigenvalue weighted by molar-refractivity contribution is 0.0926. The largest absolute Gasteiger partial charge is 0.478 e. The summed E-state index contributed by atoms with van der Waals surface area (Å²) >= 11 is 0. The number of amides is 1. The first kappa shape index (κ1) is 18.4. The fourth-order valence-electron chi connectivity index (χ4n) is 2.31. The minimum atomic E-state index is -0.473. The summed E-state index contributed by atoms with van der Waals surface area (Å²) in [6.45, 7) is 2.55. The Morgan fingerprint density at radius 1 is 1.15 bits per heavy atom. The average Bonchev–Trinajstić information content (AvgIpc) is 2.70. The third-order valence-corrected chi connectivity index (χ3v) is 3.63. The normalized spacial score (nSPS) is 10.4. The maximum atomic E-state index is 13.6. The van der Waals surface area contributed by atoms with Crippen LogP contribution in [0.1, 0.15) is 23.0 Å². The molecule has 0 saturated carbocycles. The SMILES string of the molecule is CCOc1ccc(-c2cncc(C(=O)NNCc3ccccc3F)n2)cn1. The van der Waals surface area contributed by atoms with Gasteiger partial charge in [-0.25, -0.2) is 19.8 Å². The molecule has 0 saturated heterocycles. The van der Waals surface area contributed by atoms with Crippen LogP contribution in [0.3, 0.4) is 0 Å². The van der Waals surface area contributed by atoms with Gasteiger partial charge in [0, 0.05) is 29.9 Å². The van der Waals surface area contributed by atoms with Crippen molar-refractivity contribution in [1.82, 2.24) is 25.8 Å². The third-order valence-electron chi connectivity index (χ3n) is 3.63. The summed E-state index contributed by atoms with van der Waals surface area (Å²) in [7, 11) is 0. The van der Waals surface area contributed by atoms with E-state index in [9.17, 15) is 9.18 Å². The fraction of sp³-hybridized carbons (Fsp3) is 0.158. The molecule has 0 bridgehead atoms. The number of benzene rings is 1. The molecule has 7 nitrogen and oxygen atoms in total. The van der Waals surface area contributed by atoms with Crippen LogP contribution in [0, 0.1) is 5.82 Å². The fourth-order valence-corrected chi connectivity index (χ4v) is 2.31. The Labute approximate surface area is 155 Å². The highest BCUT2D eigenvalue weighted by Gasteiger charge is 2.10. The Morgan fingerprint density at radius 3 is 2.74 bits per heavy atom. The van der Waals surface area contributed by atoms with Crippen LogP contribution in [0.4, 0.5) is 4.39 Å². The van der Waals surface area contributed by atoms with Crippen molar-refractivity contribution in [2.45, 2.75) is 13.5 Å². The summed E-state index contributed by atoms with van der Waals surface area (Å²) in [5.41, 5.74) is 6.96. The highest BCUT2D eigenvalue weighted by molar-refractivity contribution is 5.92. The maximum absolute atomic E-state index is 13.6. The zero-order valence-corrected chi connectivity index (χ0v) is 14.6. The molecule has 3 rings (SSSR count). The first-order valence-electron chi connectivity index (χ1n) is 8.35. The second-order valence-electron chi connectivity index (χ2n) is 5.51. The number of hydrazine groups is 1. The summed E-state index contributed by atoms with van der Waals surface area (Å²) in [5.74, 6) is -0.302. The standard InChI is InChI=1S/C19H18FN5O2/c1-2-27-18-8-7-14(9-22-18)16-11-21-12-17(24-16)19(26)25-23-10-13-5-3-4-6-15(13)20/h3-9,11-12,23H,2,10H2,1H3,(H,25,26). The van der Waals surface area contributed by atoms with Gasteiger partial charge >= 0.3 is 0 Å². The van der Waals surface area contributed by atoms with Crippen molar-refractivity contribution in [3.05, 3.63) is 72.1 Å². The van der Waals surface area contributed by atoms with Crippen molar-refractivity contribution in [3.63, 3.8) is 0 Å². The lowest BCUT2D eigenvalue weighted by Crippen LogP contribution is -2.37. The number of pyridine rings is 1. The quantitative estimate of drug-likeness (QED) is 0.624. The van der Waals surface area contributed by atoms with Crippen LogP contribution < -0.4 is 15.6 Å². The van der Waals surface area contributed by atoms with Gasteiger partial charge in [0.25, 0.3) is 5.91 Å². The van der Waals surface area contributed by atoms with Crippen LogP contribution in [0.25, 0.3) is 11.3 Å². The zero-order chi connectivity index (χ0) is 19.1. The second kappa shape index (κ2) is 8.81. The number of ether oxygens (including phenoxy) is 1. The van der Waals surface area contributed by atoms with Crippen molar-refractivity contribution < 1.29 is 13.9 Å². The lowest BCUT2D eigenvalue weighted by atomic mass is 10.2. The summed E-state index contributed by atoms with van der Waals surface area (Å²) in [4.78, 5) is 24.8.